The molecule has 0 aliphatic heterocycles. The van der Waals surface area contributed by atoms with Gasteiger partial charge in [-0.3, -0.25) is 33.6 Å². The Kier molecular flexibility index (Phi) is 22.8. The van der Waals surface area contributed by atoms with Gasteiger partial charge in [-0.15, -0.1) is 0 Å². The van der Waals surface area contributed by atoms with Crippen LogP contribution in [0.5, 0.6) is 0 Å². The van der Waals surface area contributed by atoms with Gasteiger partial charge in [0.05, 0.1) is 18.6 Å². The molecule has 0 saturated heterocycles. The minimum atomic E-state index is -1.15. The second-order valence-corrected chi connectivity index (χ2v) is 12.9. The number of amides is 2. The lowest BCUT2D eigenvalue weighted by Crippen LogP contribution is -2.41. The molecule has 1 fully saturated rings. The normalized spacial score (nSPS) is 17.2. The largest absolute Gasteiger partial charge is 0.481 e. The van der Waals surface area contributed by atoms with Gasteiger partial charge in [0, 0.05) is 44.6 Å². The first-order valence-corrected chi connectivity index (χ1v) is 17.7. The summed E-state index contributed by atoms with van der Waals surface area (Å²) in [6, 6.07) is -0.927. The van der Waals surface area contributed by atoms with E-state index in [2.05, 4.69) is 15.4 Å². The predicted molar refractivity (Wildman–Crippen MR) is 175 cm³/mol. The maximum Gasteiger partial charge on any atom is 0.306 e. The molecule has 2 atom stereocenters. The monoisotopic (exact) mass is 666 g/mol. The molecule has 0 aromatic rings. The van der Waals surface area contributed by atoms with Gasteiger partial charge in [-0.2, -0.15) is 0 Å². The highest BCUT2D eigenvalue weighted by Gasteiger charge is 2.31. The summed E-state index contributed by atoms with van der Waals surface area (Å²) in [5, 5.41) is 24.3. The fourth-order valence-electron chi connectivity index (χ4n) is 6.02. The van der Waals surface area contributed by atoms with Gasteiger partial charge in [0.25, 0.3) is 6.47 Å². The fourth-order valence-corrected chi connectivity index (χ4v) is 6.02. The molecule has 12 nitrogen and oxygen atoms in total. The molecular formula is C35H58N2O10. The van der Waals surface area contributed by atoms with Crippen molar-refractivity contribution in [3.8, 4) is 0 Å². The van der Waals surface area contributed by atoms with Crippen molar-refractivity contribution in [2.45, 2.75) is 148 Å². The van der Waals surface area contributed by atoms with Crippen LogP contribution in [-0.2, 0) is 38.3 Å². The molecular weight excluding hydrogens is 608 g/mol. The van der Waals surface area contributed by atoms with Crippen molar-refractivity contribution >= 4 is 41.8 Å². The van der Waals surface area contributed by atoms with Crippen molar-refractivity contribution in [2.75, 3.05) is 13.2 Å². The van der Waals surface area contributed by atoms with Crippen molar-refractivity contribution in [1.29, 1.82) is 0 Å². The van der Waals surface area contributed by atoms with Crippen LogP contribution < -0.4 is 10.6 Å². The van der Waals surface area contributed by atoms with Crippen LogP contribution in [0, 0.1) is 17.8 Å². The summed E-state index contributed by atoms with van der Waals surface area (Å²) in [5.41, 5.74) is 0. The molecule has 12 heteroatoms. The number of nitrogens with one attached hydrogen (secondary N) is 2. The standard InChI is InChI=1S/C35H58N2O10/c1-2-3-12-30(39)29(19-21-34(43)44)37-33(42)20-18-28(35(45)46)23-31(40)27-16-14-26(15-17-27)24-36-32(41)13-10-8-6-4-5-7-9-11-22-47-25-38/h25-29H,2-24H2,1H3,(H,36,41)(H,37,42)(H,43,44)(H,45,46)/t26?,27?,28-,29-/m0/s1. The third-order valence-electron chi connectivity index (χ3n) is 9.04. The number of carbonyl (C=O) groups is 7. The smallest absolute Gasteiger partial charge is 0.306 e. The first kappa shape index (κ1) is 41.7. The van der Waals surface area contributed by atoms with Crippen molar-refractivity contribution in [3.05, 3.63) is 0 Å². The van der Waals surface area contributed by atoms with Crippen LogP contribution in [0.25, 0.3) is 0 Å². The van der Waals surface area contributed by atoms with Gasteiger partial charge >= 0.3 is 11.9 Å². The molecule has 268 valence electrons. The van der Waals surface area contributed by atoms with Crippen molar-refractivity contribution in [3.63, 3.8) is 0 Å². The lowest BCUT2D eigenvalue weighted by Gasteiger charge is -2.28. The molecule has 0 unspecified atom stereocenters. The first-order valence-electron chi connectivity index (χ1n) is 17.7. The van der Waals surface area contributed by atoms with Crippen LogP contribution in [0.2, 0.25) is 0 Å². The van der Waals surface area contributed by atoms with Crippen LogP contribution in [0.15, 0.2) is 0 Å². The molecule has 1 rings (SSSR count). The average molecular weight is 667 g/mol. The molecule has 2 amide bonds. The van der Waals surface area contributed by atoms with E-state index in [4.69, 9.17) is 5.11 Å². The number of Topliss-reactive ketones (excluding diaryl/α,β-unsaturated/α-hetero) is 2. The van der Waals surface area contributed by atoms with E-state index in [0.29, 0.717) is 45.3 Å². The third kappa shape index (κ3) is 20.5. The average Bonchev–Trinajstić information content (AvgIpc) is 3.05. The molecule has 0 radical (unpaired) electrons. The molecule has 0 heterocycles. The Morgan fingerprint density at radius 2 is 1.40 bits per heavy atom. The number of hydrogen-bond donors (Lipinski definition) is 4. The van der Waals surface area contributed by atoms with E-state index < -0.39 is 29.8 Å². The molecule has 1 aliphatic rings. The zero-order valence-corrected chi connectivity index (χ0v) is 28.3. The van der Waals surface area contributed by atoms with Crippen LogP contribution in [0.4, 0.5) is 0 Å². The zero-order valence-electron chi connectivity index (χ0n) is 28.3. The Balaban J connectivity index is 2.31. The summed E-state index contributed by atoms with van der Waals surface area (Å²) in [6.07, 6.45) is 12.6. The van der Waals surface area contributed by atoms with Gasteiger partial charge in [0.15, 0.2) is 5.78 Å². The summed E-state index contributed by atoms with van der Waals surface area (Å²) in [4.78, 5) is 83.2. The van der Waals surface area contributed by atoms with Crippen LogP contribution in [0.3, 0.4) is 0 Å². The highest BCUT2D eigenvalue weighted by atomic mass is 16.5. The van der Waals surface area contributed by atoms with Gasteiger partial charge in [-0.1, -0.05) is 51.9 Å². The summed E-state index contributed by atoms with van der Waals surface area (Å²) >= 11 is 0. The van der Waals surface area contributed by atoms with Gasteiger partial charge in [0.1, 0.15) is 5.78 Å². The zero-order chi connectivity index (χ0) is 34.9. The number of ether oxygens (including phenoxy) is 1. The van der Waals surface area contributed by atoms with E-state index in [1.165, 1.54) is 0 Å². The molecule has 47 heavy (non-hydrogen) atoms. The predicted octanol–water partition coefficient (Wildman–Crippen LogP) is 5.14. The number of unbranched alkanes of at least 4 members (excludes halogenated alkanes) is 8. The highest BCUT2D eigenvalue weighted by molar-refractivity contribution is 5.90. The number of ketones is 2. The molecule has 0 aromatic heterocycles. The van der Waals surface area contributed by atoms with E-state index in [-0.39, 0.29) is 67.8 Å². The van der Waals surface area contributed by atoms with Gasteiger partial charge < -0.3 is 25.6 Å². The number of carboxylic acids is 2. The molecule has 0 bridgehead atoms. The van der Waals surface area contributed by atoms with E-state index in [9.17, 15) is 38.7 Å². The van der Waals surface area contributed by atoms with Gasteiger partial charge in [-0.25, -0.2) is 0 Å². The number of aliphatic carboxylic acids is 2. The van der Waals surface area contributed by atoms with Gasteiger partial charge in [0.2, 0.25) is 11.8 Å². The van der Waals surface area contributed by atoms with Crippen LogP contribution >= 0.6 is 0 Å². The summed E-state index contributed by atoms with van der Waals surface area (Å²) in [5.74, 6) is -4.04. The molecule has 1 aliphatic carbocycles. The van der Waals surface area contributed by atoms with Crippen LogP contribution in [0.1, 0.15) is 142 Å². The van der Waals surface area contributed by atoms with E-state index in [1.807, 2.05) is 6.92 Å². The van der Waals surface area contributed by atoms with Crippen LogP contribution in [-0.4, -0.2) is 71.2 Å². The third-order valence-corrected chi connectivity index (χ3v) is 9.04. The van der Waals surface area contributed by atoms with E-state index >= 15 is 0 Å². The Bertz CT molecular complexity index is 977. The Labute approximate surface area is 279 Å². The Hall–Kier alpha value is -3.31. The number of carbonyl (C=O) groups excluding carboxylic acids is 5. The topological polar surface area (TPSA) is 193 Å². The number of hydrogen-bond acceptors (Lipinski definition) is 8. The number of carboxylic acid groups (broad SMARTS) is 2. The summed E-state index contributed by atoms with van der Waals surface area (Å²) < 4.78 is 4.67. The minimum Gasteiger partial charge on any atom is -0.481 e. The van der Waals surface area contributed by atoms with Gasteiger partial charge in [-0.05, 0) is 63.7 Å². The summed E-state index contributed by atoms with van der Waals surface area (Å²) in [6.45, 7) is 3.47. The van der Waals surface area contributed by atoms with Crippen molar-refractivity contribution in [2.24, 2.45) is 17.8 Å². The van der Waals surface area contributed by atoms with Crippen molar-refractivity contribution < 1.29 is 48.5 Å². The highest BCUT2D eigenvalue weighted by Crippen LogP contribution is 2.31. The second kappa shape index (κ2) is 25.7. The summed E-state index contributed by atoms with van der Waals surface area (Å²) in [7, 11) is 0. The molecule has 1 saturated carbocycles. The molecule has 4 N–H and O–H groups in total. The van der Waals surface area contributed by atoms with E-state index in [1.54, 1.807) is 0 Å². The Morgan fingerprint density at radius 3 is 2.00 bits per heavy atom. The lowest BCUT2D eigenvalue weighted by molar-refractivity contribution is -0.145. The maximum absolute atomic E-state index is 13.0. The maximum atomic E-state index is 13.0. The first-order chi connectivity index (χ1) is 22.6. The molecule has 0 spiro atoms. The van der Waals surface area contributed by atoms with Crippen molar-refractivity contribution in [1.82, 2.24) is 10.6 Å². The molecule has 0 aromatic carbocycles. The lowest BCUT2D eigenvalue weighted by atomic mass is 9.78. The van der Waals surface area contributed by atoms with E-state index in [0.717, 1.165) is 70.6 Å². The minimum absolute atomic E-state index is 0.0270. The quantitative estimate of drug-likeness (QED) is 0.0613. The SMILES string of the molecule is CCCCC(=O)[C@H](CCC(=O)O)NC(=O)CC[C@@H](CC(=O)C1CCC(CNC(=O)CCCCCCCCCCOC=O)CC1)C(=O)O. The Morgan fingerprint density at radius 1 is 0.766 bits per heavy atom. The number of rotatable bonds is 29. The fraction of sp³-hybridized carbons (Fsp3) is 0.800. The second-order valence-electron chi connectivity index (χ2n) is 12.9.